The molecule has 3 aromatic carbocycles. The molecule has 0 spiro atoms. The van der Waals surface area contributed by atoms with Crippen molar-refractivity contribution in [1.82, 2.24) is 0 Å². The lowest BCUT2D eigenvalue weighted by atomic mass is 10.0. The minimum absolute atomic E-state index is 0.215. The third-order valence-corrected chi connectivity index (χ3v) is 5.38. The van der Waals surface area contributed by atoms with E-state index in [9.17, 15) is 9.65 Å². The van der Waals surface area contributed by atoms with Crippen LogP contribution in [0.2, 0.25) is 10.0 Å². The van der Waals surface area contributed by atoms with Crippen molar-refractivity contribution in [2.45, 2.75) is 6.61 Å². The molecule has 7 heteroatoms. The van der Waals surface area contributed by atoms with Crippen LogP contribution in [0.25, 0.3) is 11.6 Å². The lowest BCUT2D eigenvalue weighted by Crippen LogP contribution is -2.00. The third kappa shape index (κ3) is 5.34. The topological polar surface area (TPSA) is 42.2 Å². The second-order valence-electron chi connectivity index (χ2n) is 6.24. The van der Waals surface area contributed by atoms with Gasteiger partial charge in [0.25, 0.3) is 0 Å². The van der Waals surface area contributed by atoms with Crippen LogP contribution < -0.4 is 9.47 Å². The molecule has 0 N–H and O–H groups in total. The Morgan fingerprint density at radius 1 is 1.17 bits per heavy atom. The number of allylic oxidation sites excluding steroid dienone is 1. The van der Waals surface area contributed by atoms with E-state index in [0.29, 0.717) is 42.7 Å². The van der Waals surface area contributed by atoms with Gasteiger partial charge in [0.1, 0.15) is 12.4 Å². The van der Waals surface area contributed by atoms with E-state index in [1.807, 2.05) is 0 Å². The summed E-state index contributed by atoms with van der Waals surface area (Å²) < 4.78 is 25.5. The Labute approximate surface area is 192 Å². The number of ether oxygens (including phenoxy) is 2. The van der Waals surface area contributed by atoms with Gasteiger partial charge in [0.15, 0.2) is 11.5 Å². The number of hydrogen-bond donors (Lipinski definition) is 0. The van der Waals surface area contributed by atoms with Crippen molar-refractivity contribution in [2.75, 3.05) is 7.11 Å². The molecule has 0 radical (unpaired) electrons. The Hall–Kier alpha value is -2.52. The SMILES string of the molecule is COc1cc(/C=C(/C#N)c2cccc(F)c2)cc(Br)c1OCc1ccc(Cl)cc1Cl. The van der Waals surface area contributed by atoms with E-state index < -0.39 is 5.82 Å². The highest BCUT2D eigenvalue weighted by molar-refractivity contribution is 9.10. The van der Waals surface area contributed by atoms with Gasteiger partial charge in [0.2, 0.25) is 0 Å². The normalized spacial score (nSPS) is 11.1. The predicted octanol–water partition coefficient (Wildman–Crippen LogP) is 7.55. The summed E-state index contributed by atoms with van der Waals surface area (Å²) in [7, 11) is 1.52. The molecule has 0 fully saturated rings. The first kappa shape index (κ1) is 22.2. The van der Waals surface area contributed by atoms with Crippen LogP contribution in [0.4, 0.5) is 4.39 Å². The molecule has 0 atom stereocenters. The summed E-state index contributed by atoms with van der Waals surface area (Å²) in [6.07, 6.45) is 1.65. The molecule has 152 valence electrons. The largest absolute Gasteiger partial charge is 0.493 e. The van der Waals surface area contributed by atoms with Gasteiger partial charge in [0.05, 0.1) is 23.2 Å². The molecule has 0 aliphatic carbocycles. The molecule has 3 aromatic rings. The molecule has 0 bridgehead atoms. The molecule has 3 rings (SSSR count). The minimum atomic E-state index is -0.406. The maximum Gasteiger partial charge on any atom is 0.175 e. The van der Waals surface area contributed by atoms with Crippen LogP contribution in [0.5, 0.6) is 11.5 Å². The summed E-state index contributed by atoms with van der Waals surface area (Å²) in [4.78, 5) is 0. The minimum Gasteiger partial charge on any atom is -0.493 e. The van der Waals surface area contributed by atoms with Gasteiger partial charge in [-0.1, -0.05) is 41.4 Å². The molecule has 0 heterocycles. The average molecular weight is 507 g/mol. The summed E-state index contributed by atoms with van der Waals surface area (Å²) in [6, 6.07) is 16.7. The molecular weight excluding hydrogens is 492 g/mol. The molecule has 30 heavy (non-hydrogen) atoms. The van der Waals surface area contributed by atoms with E-state index in [-0.39, 0.29) is 6.61 Å². The maximum atomic E-state index is 13.5. The number of rotatable bonds is 6. The highest BCUT2D eigenvalue weighted by Gasteiger charge is 2.13. The van der Waals surface area contributed by atoms with Crippen LogP contribution in [0.1, 0.15) is 16.7 Å². The van der Waals surface area contributed by atoms with Crippen molar-refractivity contribution in [3.8, 4) is 17.6 Å². The predicted molar refractivity (Wildman–Crippen MR) is 121 cm³/mol. The number of methoxy groups -OCH3 is 1. The van der Waals surface area contributed by atoms with Gasteiger partial charge < -0.3 is 9.47 Å². The highest BCUT2D eigenvalue weighted by Crippen LogP contribution is 2.38. The van der Waals surface area contributed by atoms with E-state index in [0.717, 1.165) is 5.56 Å². The summed E-state index contributed by atoms with van der Waals surface area (Å²) in [5, 5.41) is 10.6. The first-order valence-electron chi connectivity index (χ1n) is 8.73. The van der Waals surface area contributed by atoms with E-state index >= 15 is 0 Å². The second-order valence-corrected chi connectivity index (χ2v) is 7.94. The van der Waals surface area contributed by atoms with Gasteiger partial charge >= 0.3 is 0 Å². The molecule has 0 saturated carbocycles. The Kier molecular flexibility index (Phi) is 7.38. The molecule has 0 aliphatic heterocycles. The van der Waals surface area contributed by atoms with Crippen molar-refractivity contribution >= 4 is 50.8 Å². The zero-order chi connectivity index (χ0) is 21.7. The summed E-state index contributed by atoms with van der Waals surface area (Å²) in [6.45, 7) is 0.215. The van der Waals surface area contributed by atoms with Crippen molar-refractivity contribution in [3.05, 3.63) is 91.6 Å². The third-order valence-electron chi connectivity index (χ3n) is 4.21. The molecule has 0 unspecified atom stereocenters. The van der Waals surface area contributed by atoms with E-state index in [4.69, 9.17) is 32.7 Å². The number of halogens is 4. The average Bonchev–Trinajstić information content (AvgIpc) is 2.72. The van der Waals surface area contributed by atoms with Crippen molar-refractivity contribution in [3.63, 3.8) is 0 Å². The first-order chi connectivity index (χ1) is 14.4. The zero-order valence-electron chi connectivity index (χ0n) is 15.8. The fourth-order valence-corrected chi connectivity index (χ4v) is 3.79. The monoisotopic (exact) mass is 505 g/mol. The molecule has 3 nitrogen and oxygen atoms in total. The summed E-state index contributed by atoms with van der Waals surface area (Å²) in [5.41, 5.74) is 2.28. The van der Waals surface area contributed by atoms with Crippen LogP contribution in [-0.2, 0) is 6.61 Å². The van der Waals surface area contributed by atoms with Gasteiger partial charge in [-0.2, -0.15) is 5.26 Å². The quantitative estimate of drug-likeness (QED) is 0.256. The maximum absolute atomic E-state index is 13.5. The fraction of sp³-hybridized carbons (Fsp3) is 0.0870. The molecular formula is C23H15BrCl2FNO2. The van der Waals surface area contributed by atoms with Crippen LogP contribution >= 0.6 is 39.1 Å². The van der Waals surface area contributed by atoms with E-state index in [1.165, 1.54) is 19.2 Å². The molecule has 0 saturated heterocycles. The van der Waals surface area contributed by atoms with Crippen LogP contribution in [-0.4, -0.2) is 7.11 Å². The zero-order valence-corrected chi connectivity index (χ0v) is 18.9. The van der Waals surface area contributed by atoms with Crippen molar-refractivity contribution < 1.29 is 13.9 Å². The Balaban J connectivity index is 1.90. The van der Waals surface area contributed by atoms with E-state index in [1.54, 1.807) is 48.5 Å². The van der Waals surface area contributed by atoms with Gasteiger partial charge in [-0.15, -0.1) is 0 Å². The lowest BCUT2D eigenvalue weighted by Gasteiger charge is -2.14. The second kappa shape index (κ2) is 9.99. The van der Waals surface area contributed by atoms with Gasteiger partial charge in [0, 0.05) is 15.6 Å². The molecule has 0 amide bonds. The highest BCUT2D eigenvalue weighted by atomic mass is 79.9. The van der Waals surface area contributed by atoms with Crippen LogP contribution in [0.15, 0.2) is 59.1 Å². The standard InChI is InChI=1S/C23H15BrCl2FNO2/c1-29-22-9-14(7-17(12-28)15-3-2-4-19(27)10-15)8-20(24)23(22)30-13-16-5-6-18(25)11-21(16)26/h2-11H,13H2,1H3/b17-7-. The van der Waals surface area contributed by atoms with Gasteiger partial charge in [-0.25, -0.2) is 4.39 Å². The Bertz CT molecular complexity index is 1160. The first-order valence-corrected chi connectivity index (χ1v) is 10.3. The smallest absolute Gasteiger partial charge is 0.175 e. The Morgan fingerprint density at radius 3 is 2.63 bits per heavy atom. The number of nitrogens with zero attached hydrogens (tertiary/aromatic N) is 1. The Morgan fingerprint density at radius 2 is 1.97 bits per heavy atom. The molecule has 0 aromatic heterocycles. The number of nitriles is 1. The van der Waals surface area contributed by atoms with Crippen LogP contribution in [0, 0.1) is 17.1 Å². The number of benzene rings is 3. The van der Waals surface area contributed by atoms with Gasteiger partial charge in [-0.3, -0.25) is 0 Å². The van der Waals surface area contributed by atoms with Crippen molar-refractivity contribution in [2.24, 2.45) is 0 Å². The van der Waals surface area contributed by atoms with Gasteiger partial charge in [-0.05, 0) is 69.5 Å². The lowest BCUT2D eigenvalue weighted by molar-refractivity contribution is 0.282. The molecule has 0 aliphatic rings. The summed E-state index contributed by atoms with van der Waals surface area (Å²) >= 11 is 15.6. The van der Waals surface area contributed by atoms with E-state index in [2.05, 4.69) is 22.0 Å². The van der Waals surface area contributed by atoms with Crippen molar-refractivity contribution in [1.29, 1.82) is 5.26 Å². The van der Waals surface area contributed by atoms with Crippen LogP contribution in [0.3, 0.4) is 0 Å². The number of hydrogen-bond acceptors (Lipinski definition) is 3. The fourth-order valence-electron chi connectivity index (χ4n) is 2.75. The summed E-state index contributed by atoms with van der Waals surface area (Å²) in [5.74, 6) is 0.555.